The van der Waals surface area contributed by atoms with Gasteiger partial charge in [0.2, 0.25) is 5.91 Å². The Kier molecular flexibility index (Phi) is 3.91. The van der Waals surface area contributed by atoms with Gasteiger partial charge in [0.25, 0.3) is 0 Å². The zero-order chi connectivity index (χ0) is 17.3. The van der Waals surface area contributed by atoms with Crippen LogP contribution in [0.2, 0.25) is 0 Å². The first kappa shape index (κ1) is 15.5. The molecule has 0 bridgehead atoms. The second-order valence-corrected chi connectivity index (χ2v) is 5.17. The summed E-state index contributed by atoms with van der Waals surface area (Å²) < 4.78 is 5.11. The second-order valence-electron chi connectivity index (χ2n) is 5.17. The molecule has 1 aliphatic heterocycles. The summed E-state index contributed by atoms with van der Waals surface area (Å²) in [6, 6.07) is 9.23. The van der Waals surface area contributed by atoms with E-state index in [1.54, 1.807) is 18.2 Å². The van der Waals surface area contributed by atoms with Gasteiger partial charge in [-0.25, -0.2) is 4.79 Å². The quantitative estimate of drug-likeness (QED) is 0.798. The van der Waals surface area contributed by atoms with Crippen LogP contribution in [0.1, 0.15) is 21.5 Å². The monoisotopic (exact) mass is 326 g/mol. The molecule has 2 aromatic carbocycles. The number of anilines is 1. The number of phenols is 1. The van der Waals surface area contributed by atoms with Crippen molar-refractivity contribution in [2.24, 2.45) is 4.99 Å². The van der Waals surface area contributed by atoms with E-state index >= 15 is 0 Å². The lowest BCUT2D eigenvalue weighted by Crippen LogP contribution is -2.13. The number of carbonyl (C=O) groups is 2. The number of aromatic carboxylic acids is 1. The number of amides is 1. The maximum Gasteiger partial charge on any atom is 0.335 e. The number of aromatic hydroxyl groups is 1. The van der Waals surface area contributed by atoms with Crippen LogP contribution in [-0.4, -0.2) is 41.5 Å². The highest BCUT2D eigenvalue weighted by Crippen LogP contribution is 2.34. The normalized spacial score (nSPS) is 13.4. The van der Waals surface area contributed by atoms with Crippen LogP contribution in [0, 0.1) is 0 Å². The van der Waals surface area contributed by atoms with E-state index in [9.17, 15) is 14.7 Å². The third-order valence-electron chi connectivity index (χ3n) is 3.61. The number of rotatable bonds is 3. The van der Waals surface area contributed by atoms with Gasteiger partial charge in [-0.05, 0) is 18.2 Å². The fraction of sp³-hybridized carbons (Fsp3) is 0.118. The Morgan fingerprint density at radius 1 is 1.29 bits per heavy atom. The van der Waals surface area contributed by atoms with E-state index in [2.05, 4.69) is 10.3 Å². The number of ether oxygens (including phenoxy) is 1. The van der Waals surface area contributed by atoms with Gasteiger partial charge in [-0.3, -0.25) is 9.79 Å². The summed E-state index contributed by atoms with van der Waals surface area (Å²) in [7, 11) is 1.42. The van der Waals surface area contributed by atoms with Crippen LogP contribution in [0.3, 0.4) is 0 Å². The summed E-state index contributed by atoms with van der Waals surface area (Å²) >= 11 is 0. The van der Waals surface area contributed by atoms with Gasteiger partial charge < -0.3 is 20.3 Å². The molecule has 0 fully saturated rings. The molecular weight excluding hydrogens is 312 g/mol. The van der Waals surface area contributed by atoms with E-state index in [-0.39, 0.29) is 29.5 Å². The van der Waals surface area contributed by atoms with Gasteiger partial charge in [0.1, 0.15) is 6.54 Å². The minimum Gasteiger partial charge on any atom is -0.504 e. The van der Waals surface area contributed by atoms with Crippen LogP contribution in [0.5, 0.6) is 11.5 Å². The zero-order valence-electron chi connectivity index (χ0n) is 12.7. The van der Waals surface area contributed by atoms with Gasteiger partial charge in [0.05, 0.1) is 24.1 Å². The first-order valence-electron chi connectivity index (χ1n) is 7.09. The molecule has 7 nitrogen and oxygen atoms in total. The van der Waals surface area contributed by atoms with Crippen LogP contribution in [0.4, 0.5) is 5.69 Å². The number of nitrogens with zero attached hydrogens (tertiary/aromatic N) is 1. The van der Waals surface area contributed by atoms with Crippen LogP contribution in [-0.2, 0) is 4.79 Å². The topological polar surface area (TPSA) is 108 Å². The Hall–Kier alpha value is -3.35. The number of hydrogen-bond acceptors (Lipinski definition) is 5. The van der Waals surface area contributed by atoms with Crippen molar-refractivity contribution < 1.29 is 24.5 Å². The minimum atomic E-state index is -1.05. The first-order valence-corrected chi connectivity index (χ1v) is 7.09. The lowest BCUT2D eigenvalue weighted by molar-refractivity contribution is -0.114. The molecule has 122 valence electrons. The molecule has 3 rings (SSSR count). The van der Waals surface area contributed by atoms with E-state index in [4.69, 9.17) is 9.84 Å². The third-order valence-corrected chi connectivity index (χ3v) is 3.61. The zero-order valence-corrected chi connectivity index (χ0v) is 12.7. The number of carbonyl (C=O) groups excluding carboxylic acids is 1. The van der Waals surface area contributed by atoms with Crippen molar-refractivity contribution in [2.75, 3.05) is 19.0 Å². The molecule has 0 saturated carbocycles. The van der Waals surface area contributed by atoms with Crippen molar-refractivity contribution in [1.82, 2.24) is 0 Å². The lowest BCUT2D eigenvalue weighted by Gasteiger charge is -2.13. The Balaban J connectivity index is 2.20. The molecule has 1 aliphatic rings. The van der Waals surface area contributed by atoms with Gasteiger partial charge in [0.15, 0.2) is 11.5 Å². The molecular formula is C17H14N2O5. The fourth-order valence-corrected chi connectivity index (χ4v) is 2.50. The van der Waals surface area contributed by atoms with Gasteiger partial charge >= 0.3 is 5.97 Å². The number of phenolic OH excluding ortho intramolecular Hbond substituents is 1. The van der Waals surface area contributed by atoms with E-state index in [0.29, 0.717) is 22.5 Å². The number of hydrogen-bond donors (Lipinski definition) is 3. The number of nitrogens with one attached hydrogen (secondary N) is 1. The Morgan fingerprint density at radius 3 is 2.79 bits per heavy atom. The van der Waals surface area contributed by atoms with Gasteiger partial charge in [-0.15, -0.1) is 0 Å². The molecule has 0 saturated heterocycles. The van der Waals surface area contributed by atoms with Crippen LogP contribution in [0.15, 0.2) is 41.4 Å². The van der Waals surface area contributed by atoms with Crippen molar-refractivity contribution in [3.8, 4) is 11.5 Å². The number of carboxylic acids is 1. The predicted molar refractivity (Wildman–Crippen MR) is 87.2 cm³/mol. The molecule has 0 spiro atoms. The molecule has 3 N–H and O–H groups in total. The van der Waals surface area contributed by atoms with Gasteiger partial charge in [-0.1, -0.05) is 12.1 Å². The maximum atomic E-state index is 11.8. The summed E-state index contributed by atoms with van der Waals surface area (Å²) in [5, 5.41) is 21.8. The number of aliphatic imine (C=N–C) groups is 1. The van der Waals surface area contributed by atoms with Crippen molar-refractivity contribution in [3.63, 3.8) is 0 Å². The van der Waals surface area contributed by atoms with Crippen molar-refractivity contribution in [3.05, 3.63) is 53.1 Å². The number of benzene rings is 2. The third kappa shape index (κ3) is 2.79. The van der Waals surface area contributed by atoms with Gasteiger partial charge in [0, 0.05) is 17.2 Å². The standard InChI is InChI=1S/C17H14N2O5/c1-24-14-6-11-12(7-13(14)20)19-15(21)8-18-16(11)9-3-2-4-10(5-9)17(22)23/h2-7,20H,8H2,1H3,(H,19,21)(H,22,23). The average molecular weight is 326 g/mol. The molecule has 0 aliphatic carbocycles. The second kappa shape index (κ2) is 6.04. The number of fused-ring (bicyclic) bond motifs is 1. The average Bonchev–Trinajstić information content (AvgIpc) is 2.72. The highest BCUT2D eigenvalue weighted by atomic mass is 16.5. The highest BCUT2D eigenvalue weighted by Gasteiger charge is 2.21. The van der Waals surface area contributed by atoms with Crippen molar-refractivity contribution in [1.29, 1.82) is 0 Å². The summed E-state index contributed by atoms with van der Waals surface area (Å²) in [4.78, 5) is 27.3. The van der Waals surface area contributed by atoms with Crippen molar-refractivity contribution in [2.45, 2.75) is 0 Å². The smallest absolute Gasteiger partial charge is 0.335 e. The molecule has 0 unspecified atom stereocenters. The Labute approximate surface area is 137 Å². The van der Waals surface area contributed by atoms with E-state index < -0.39 is 5.97 Å². The van der Waals surface area contributed by atoms with Crippen LogP contribution >= 0.6 is 0 Å². The van der Waals surface area contributed by atoms with Crippen LogP contribution in [0.25, 0.3) is 0 Å². The Morgan fingerprint density at radius 2 is 2.08 bits per heavy atom. The lowest BCUT2D eigenvalue weighted by atomic mass is 9.98. The highest BCUT2D eigenvalue weighted by molar-refractivity contribution is 6.20. The molecule has 2 aromatic rings. The summed E-state index contributed by atoms with van der Waals surface area (Å²) in [6.07, 6.45) is 0. The minimum absolute atomic E-state index is 0.107. The molecule has 0 atom stereocenters. The number of methoxy groups -OCH3 is 1. The summed E-state index contributed by atoms with van der Waals surface area (Å²) in [6.45, 7) is -0.107. The maximum absolute atomic E-state index is 11.8. The van der Waals surface area contributed by atoms with Crippen molar-refractivity contribution >= 4 is 23.3 Å². The number of benzodiazepines with no additional fused rings is 1. The van der Waals surface area contributed by atoms with E-state index in [1.807, 2.05) is 0 Å². The number of carboxylic acid groups (broad SMARTS) is 1. The van der Waals surface area contributed by atoms with E-state index in [1.165, 1.54) is 25.3 Å². The summed E-state index contributed by atoms with van der Waals surface area (Å²) in [5.74, 6) is -1.27. The fourth-order valence-electron chi connectivity index (χ4n) is 2.50. The molecule has 7 heteroatoms. The molecule has 24 heavy (non-hydrogen) atoms. The predicted octanol–water partition coefficient (Wildman–Crippen LogP) is 1.89. The summed E-state index contributed by atoms with van der Waals surface area (Å²) in [5.41, 5.74) is 2.05. The molecule has 0 radical (unpaired) electrons. The molecule has 1 amide bonds. The largest absolute Gasteiger partial charge is 0.504 e. The first-order chi connectivity index (χ1) is 11.5. The Bertz CT molecular complexity index is 873. The van der Waals surface area contributed by atoms with Gasteiger partial charge in [-0.2, -0.15) is 0 Å². The molecule has 0 aromatic heterocycles. The SMILES string of the molecule is COc1cc2c(cc1O)NC(=O)CN=C2c1cccc(C(=O)O)c1. The van der Waals surface area contributed by atoms with Crippen LogP contribution < -0.4 is 10.1 Å². The molecule has 1 heterocycles. The van der Waals surface area contributed by atoms with E-state index in [0.717, 1.165) is 0 Å².